The van der Waals surface area contributed by atoms with Crippen molar-refractivity contribution in [1.29, 1.82) is 0 Å². The van der Waals surface area contributed by atoms with E-state index in [1.54, 1.807) is 0 Å². The lowest BCUT2D eigenvalue weighted by Gasteiger charge is -2.23. The second-order valence-electron chi connectivity index (χ2n) is 28.9. The number of halogens is 2. The second-order valence-corrected chi connectivity index (χ2v) is 29.6. The minimum atomic E-state index is 0.517. The molecule has 0 aliphatic carbocycles. The quantitative estimate of drug-likeness (QED) is 0.0417. The third-order valence-corrected chi connectivity index (χ3v) is 21.0. The minimum Gasteiger partial charge on any atom is -0.493 e. The predicted octanol–water partition coefficient (Wildman–Crippen LogP) is 31.9. The van der Waals surface area contributed by atoms with Crippen molar-refractivity contribution in [2.24, 2.45) is 0 Å². The lowest BCUT2D eigenvalue weighted by Crippen LogP contribution is -2.06. The summed E-state index contributed by atoms with van der Waals surface area (Å²) in [5.41, 5.74) is 0. The van der Waals surface area contributed by atoms with Gasteiger partial charge in [-0.25, -0.2) is 0 Å². The van der Waals surface area contributed by atoms with Crippen molar-refractivity contribution < 1.29 is 18.9 Å². The van der Waals surface area contributed by atoms with Crippen molar-refractivity contribution in [2.45, 2.75) is 439 Å². The van der Waals surface area contributed by atoms with Crippen LogP contribution in [0.3, 0.4) is 0 Å². The first kappa shape index (κ1) is 84.2. The van der Waals surface area contributed by atoms with Crippen LogP contribution in [0.5, 0.6) is 23.0 Å². The van der Waals surface area contributed by atoms with E-state index in [1.165, 1.54) is 372 Å². The van der Waals surface area contributed by atoms with Crippen molar-refractivity contribution in [3.8, 4) is 23.0 Å². The summed E-state index contributed by atoms with van der Waals surface area (Å²) in [7, 11) is 0. The molecule has 0 fully saturated rings. The van der Waals surface area contributed by atoms with Gasteiger partial charge in [0, 0.05) is 10.8 Å². The van der Waals surface area contributed by atoms with E-state index in [-0.39, 0.29) is 0 Å². The largest absolute Gasteiger partial charge is 0.493 e. The first-order chi connectivity index (χ1) is 45.6. The summed E-state index contributed by atoms with van der Waals surface area (Å²) in [5, 5.41) is 4.68. The summed E-state index contributed by atoms with van der Waals surface area (Å²) in [5.74, 6) is 3.24. The van der Waals surface area contributed by atoms with Gasteiger partial charge in [0.05, 0.1) is 47.2 Å². The van der Waals surface area contributed by atoms with Gasteiger partial charge in [-0.15, -0.1) is 0 Å². The van der Waals surface area contributed by atoms with E-state index in [9.17, 15) is 0 Å². The average Bonchev–Trinajstić information content (AvgIpc) is 0.731. The highest BCUT2D eigenvalue weighted by atomic mass is 35.5. The molecule has 0 atom stereocenters. The van der Waals surface area contributed by atoms with Crippen molar-refractivity contribution in [2.75, 3.05) is 26.4 Å². The van der Waals surface area contributed by atoms with Gasteiger partial charge in [0.15, 0.2) is 0 Å². The fourth-order valence-corrected chi connectivity index (χ4v) is 14.5. The molecule has 0 aliphatic rings. The standard InChI is InChI=1S/C86H152Cl2O4/c1-5-9-13-17-21-25-29-33-37-41-45-49-53-57-61-65-73-89-79-71-72-80(90-74-66-62-58-54-50-46-42-38-34-30-26-22-18-14-10-6-2)83-82(79)85(91-75-67-63-59-55-51-47-43-39-35-31-27-23-19-15-11-7-3)77-69-70-78(87)84(88)81(77)86(83)92-76-68-64-60-56-52-48-44-40-36-32-28-24-20-16-12-8-4/h69-72H,5-68,73-76H2,1-4H3. The summed E-state index contributed by atoms with van der Waals surface area (Å²) in [6.07, 6.45) is 86.3. The van der Waals surface area contributed by atoms with Crippen molar-refractivity contribution in [1.82, 2.24) is 0 Å². The van der Waals surface area contributed by atoms with Gasteiger partial charge in [-0.05, 0) is 49.9 Å². The average molecular weight is 1320 g/mol. The molecular formula is C86H152Cl2O4. The summed E-state index contributed by atoms with van der Waals surface area (Å²) in [4.78, 5) is 0. The van der Waals surface area contributed by atoms with Gasteiger partial charge in [-0.1, -0.05) is 436 Å². The smallest absolute Gasteiger partial charge is 0.140 e. The number of benzene rings is 3. The molecule has 0 unspecified atom stereocenters. The molecule has 0 aliphatic heterocycles. The molecule has 0 saturated carbocycles. The molecule has 0 bridgehead atoms. The number of unbranched alkanes of at least 4 members (excludes halogenated alkanes) is 60. The van der Waals surface area contributed by atoms with Crippen LogP contribution in [0, 0.1) is 0 Å². The summed E-state index contributed by atoms with van der Waals surface area (Å²) in [6, 6.07) is 8.34. The third-order valence-electron chi connectivity index (χ3n) is 20.1. The van der Waals surface area contributed by atoms with Gasteiger partial charge < -0.3 is 18.9 Å². The fourth-order valence-electron chi connectivity index (χ4n) is 14.1. The number of fused-ring (bicyclic) bond motifs is 2. The van der Waals surface area contributed by atoms with Crippen molar-refractivity contribution in [3.63, 3.8) is 0 Å². The molecule has 0 N–H and O–H groups in total. The molecule has 4 nitrogen and oxygen atoms in total. The monoisotopic (exact) mass is 1320 g/mol. The Labute approximate surface area is 582 Å². The molecule has 6 heteroatoms. The van der Waals surface area contributed by atoms with Crippen molar-refractivity contribution >= 4 is 44.7 Å². The van der Waals surface area contributed by atoms with Gasteiger partial charge >= 0.3 is 0 Å². The van der Waals surface area contributed by atoms with E-state index in [4.69, 9.17) is 42.1 Å². The molecular weight excluding hydrogens is 1170 g/mol. The lowest BCUT2D eigenvalue weighted by molar-refractivity contribution is 0.290. The first-order valence-electron chi connectivity index (χ1n) is 41.5. The zero-order valence-electron chi connectivity index (χ0n) is 61.8. The Morgan fingerprint density at radius 1 is 0.207 bits per heavy atom. The molecule has 0 aromatic heterocycles. The molecule has 0 saturated heterocycles. The molecule has 0 amide bonds. The van der Waals surface area contributed by atoms with Crippen LogP contribution in [0.15, 0.2) is 24.3 Å². The minimum absolute atomic E-state index is 0.517. The van der Waals surface area contributed by atoms with Crippen molar-refractivity contribution in [3.05, 3.63) is 34.3 Å². The highest BCUT2D eigenvalue weighted by molar-refractivity contribution is 6.46. The first-order valence-corrected chi connectivity index (χ1v) is 42.3. The van der Waals surface area contributed by atoms with Gasteiger partial charge in [-0.3, -0.25) is 0 Å². The normalized spacial score (nSPS) is 11.7. The Kier molecular flexibility index (Phi) is 58.3. The number of ether oxygens (including phenoxy) is 4. The van der Waals surface area contributed by atoms with E-state index in [2.05, 4.69) is 45.9 Å². The zero-order chi connectivity index (χ0) is 65.5. The topological polar surface area (TPSA) is 36.9 Å². The highest BCUT2D eigenvalue weighted by Gasteiger charge is 2.26. The van der Waals surface area contributed by atoms with E-state index in [0.29, 0.717) is 36.5 Å². The molecule has 3 rings (SSSR count). The van der Waals surface area contributed by atoms with E-state index < -0.39 is 0 Å². The van der Waals surface area contributed by atoms with Gasteiger partial charge in [-0.2, -0.15) is 0 Å². The van der Waals surface area contributed by atoms with E-state index in [0.717, 1.165) is 83.1 Å². The number of rotatable bonds is 72. The Balaban J connectivity index is 1.72. The van der Waals surface area contributed by atoms with Crippen LogP contribution >= 0.6 is 23.2 Å². The fraction of sp³-hybridized carbons (Fsp3) is 0.837. The van der Waals surface area contributed by atoms with Gasteiger partial charge in [0.25, 0.3) is 0 Å². The molecule has 3 aromatic carbocycles. The molecule has 0 spiro atoms. The molecule has 0 heterocycles. The molecule has 534 valence electrons. The van der Waals surface area contributed by atoms with Crippen LogP contribution in [-0.2, 0) is 0 Å². The molecule has 92 heavy (non-hydrogen) atoms. The SMILES string of the molecule is CCCCCCCCCCCCCCCCCCOc1ccc(OCCCCCCCCCCCCCCCCCC)c2c(OCCCCCCCCCCCCCCCCCC)c3c(Cl)c(Cl)ccc3c(OCCCCCCCCCCCCCCCCCC)c12. The van der Waals surface area contributed by atoms with Crippen LogP contribution in [0.25, 0.3) is 21.5 Å². The Bertz CT molecular complexity index is 2070. The summed E-state index contributed by atoms with van der Waals surface area (Å²) < 4.78 is 28.1. The van der Waals surface area contributed by atoms with Crippen LogP contribution in [-0.4, -0.2) is 26.4 Å². The lowest BCUT2D eigenvalue weighted by atomic mass is 9.98. The van der Waals surface area contributed by atoms with Crippen LogP contribution in [0.2, 0.25) is 10.0 Å². The Morgan fingerprint density at radius 3 is 0.641 bits per heavy atom. The number of hydrogen-bond donors (Lipinski definition) is 0. The van der Waals surface area contributed by atoms with Crippen LogP contribution < -0.4 is 18.9 Å². The van der Waals surface area contributed by atoms with Crippen LogP contribution in [0.1, 0.15) is 439 Å². The summed E-state index contributed by atoms with van der Waals surface area (Å²) >= 11 is 14.4. The Morgan fingerprint density at radius 2 is 0.402 bits per heavy atom. The van der Waals surface area contributed by atoms with Gasteiger partial charge in [0.1, 0.15) is 23.0 Å². The predicted molar refractivity (Wildman–Crippen MR) is 412 cm³/mol. The third kappa shape index (κ3) is 43.3. The number of hydrogen-bond acceptors (Lipinski definition) is 4. The van der Waals surface area contributed by atoms with Crippen LogP contribution in [0.4, 0.5) is 0 Å². The molecule has 0 radical (unpaired) electrons. The maximum Gasteiger partial charge on any atom is 0.140 e. The highest BCUT2D eigenvalue weighted by Crippen LogP contribution is 2.53. The second kappa shape index (κ2) is 63.7. The van der Waals surface area contributed by atoms with E-state index in [1.807, 2.05) is 6.07 Å². The molecule has 3 aromatic rings. The zero-order valence-corrected chi connectivity index (χ0v) is 63.3. The van der Waals surface area contributed by atoms with E-state index >= 15 is 0 Å². The van der Waals surface area contributed by atoms with Gasteiger partial charge in [0.2, 0.25) is 0 Å². The maximum atomic E-state index is 7.42. The maximum absolute atomic E-state index is 7.42. The summed E-state index contributed by atoms with van der Waals surface area (Å²) in [6.45, 7) is 11.8. The Hall–Kier alpha value is -2.04.